The number of hydrogen-bond donors (Lipinski definition) is 1. The van der Waals surface area contributed by atoms with Crippen molar-refractivity contribution in [2.24, 2.45) is 0 Å². The molecule has 3 aromatic rings. The summed E-state index contributed by atoms with van der Waals surface area (Å²) in [6.07, 6.45) is 5.01. The van der Waals surface area contributed by atoms with E-state index in [1.165, 1.54) is 40.1 Å². The highest BCUT2D eigenvalue weighted by molar-refractivity contribution is 5.64. The molecule has 3 rings (SSSR count). The minimum atomic E-state index is -0.826. The van der Waals surface area contributed by atoms with Crippen molar-refractivity contribution in [3.8, 4) is 17.3 Å². The molecule has 130 valence electrons. The van der Waals surface area contributed by atoms with Crippen molar-refractivity contribution in [1.82, 2.24) is 29.8 Å². The molecule has 25 heavy (non-hydrogen) atoms. The zero-order chi connectivity index (χ0) is 18.0. The summed E-state index contributed by atoms with van der Waals surface area (Å²) in [7, 11) is 0. The molecule has 0 amide bonds. The Morgan fingerprint density at radius 3 is 2.68 bits per heavy atom. The molecule has 0 fully saturated rings. The molecule has 3 aromatic heterocycles. The fraction of sp³-hybridized carbons (Fsp3) is 0.267. The van der Waals surface area contributed by atoms with Gasteiger partial charge in [0.05, 0.1) is 24.8 Å². The largest absolute Gasteiger partial charge is 0.514 e. The molecule has 0 aliphatic heterocycles. The maximum atomic E-state index is 12.4. The Morgan fingerprint density at radius 2 is 2.08 bits per heavy atom. The van der Waals surface area contributed by atoms with Crippen LogP contribution in [0.3, 0.4) is 0 Å². The van der Waals surface area contributed by atoms with Crippen LogP contribution in [0.2, 0.25) is 0 Å². The van der Waals surface area contributed by atoms with Gasteiger partial charge in [0.1, 0.15) is 5.60 Å². The van der Waals surface area contributed by atoms with Crippen LogP contribution in [-0.4, -0.2) is 41.5 Å². The molecule has 0 radical (unpaired) electrons. The number of H-pyrrole nitrogens is 1. The number of hydrogen-bond acceptors (Lipinski definition) is 7. The number of carbonyl (C=O) groups excluding carboxylic acids is 1. The third kappa shape index (κ3) is 3.74. The van der Waals surface area contributed by atoms with Gasteiger partial charge in [0, 0.05) is 0 Å². The summed E-state index contributed by atoms with van der Waals surface area (Å²) in [5.74, 6) is 0.530. The lowest BCUT2D eigenvalue weighted by molar-refractivity contribution is 0.0205. The van der Waals surface area contributed by atoms with E-state index in [-0.39, 0.29) is 11.3 Å². The van der Waals surface area contributed by atoms with Crippen LogP contribution >= 0.6 is 0 Å². The van der Waals surface area contributed by atoms with E-state index in [4.69, 9.17) is 9.47 Å². The first-order chi connectivity index (χ1) is 11.8. The summed E-state index contributed by atoms with van der Waals surface area (Å²) in [6, 6.07) is 3.04. The van der Waals surface area contributed by atoms with Gasteiger partial charge in [0.15, 0.2) is 17.3 Å². The molecule has 0 aromatic carbocycles. The first kappa shape index (κ1) is 16.4. The lowest BCUT2D eigenvalue weighted by Crippen LogP contribution is -2.26. The zero-order valence-electron chi connectivity index (χ0n) is 13.8. The fourth-order valence-electron chi connectivity index (χ4n) is 1.96. The van der Waals surface area contributed by atoms with Gasteiger partial charge in [-0.25, -0.2) is 14.5 Å². The van der Waals surface area contributed by atoms with Crippen LogP contribution in [-0.2, 0) is 4.74 Å². The van der Waals surface area contributed by atoms with E-state index in [1.807, 2.05) is 0 Å². The van der Waals surface area contributed by atoms with Crippen LogP contribution < -0.4 is 10.3 Å². The van der Waals surface area contributed by atoms with Crippen molar-refractivity contribution in [3.05, 3.63) is 47.3 Å². The highest BCUT2D eigenvalue weighted by atomic mass is 16.7. The number of nitrogens with one attached hydrogen (secondary N) is 1. The molecule has 10 heteroatoms. The number of aromatic amines is 1. The van der Waals surface area contributed by atoms with Gasteiger partial charge in [-0.3, -0.25) is 9.89 Å². The third-order valence-electron chi connectivity index (χ3n) is 2.96. The maximum Gasteiger partial charge on any atom is 0.514 e. The van der Waals surface area contributed by atoms with Crippen molar-refractivity contribution in [3.63, 3.8) is 0 Å². The standard InChI is InChI=1S/C15H16N6O4/c1-15(2,3)25-14(23)24-10-4-5-12(16-8-10)21-13(22)11(9-18-21)20-7-6-17-19-20/h4-9,18H,1-3H3. The molecule has 1 N–H and O–H groups in total. The van der Waals surface area contributed by atoms with Crippen molar-refractivity contribution in [1.29, 1.82) is 0 Å². The Labute approximate surface area is 142 Å². The maximum absolute atomic E-state index is 12.4. The zero-order valence-corrected chi connectivity index (χ0v) is 13.8. The molecular weight excluding hydrogens is 328 g/mol. The molecule has 3 heterocycles. The molecule has 10 nitrogen and oxygen atoms in total. The van der Waals surface area contributed by atoms with Crippen molar-refractivity contribution in [2.75, 3.05) is 0 Å². The Kier molecular flexibility index (Phi) is 4.09. The monoisotopic (exact) mass is 344 g/mol. The molecule has 0 saturated heterocycles. The van der Waals surface area contributed by atoms with Crippen LogP contribution in [0, 0.1) is 0 Å². The molecule has 0 bridgehead atoms. The summed E-state index contributed by atoms with van der Waals surface area (Å²) < 4.78 is 12.7. The van der Waals surface area contributed by atoms with Crippen LogP contribution in [0.5, 0.6) is 5.75 Å². The Bertz CT molecular complexity index is 918. The Balaban J connectivity index is 1.77. The SMILES string of the molecule is CC(C)(C)OC(=O)Oc1ccc(-n2[nH]cc(-n3ccnn3)c2=O)nc1. The lowest BCUT2D eigenvalue weighted by Gasteiger charge is -2.18. The molecule has 0 unspecified atom stereocenters. The van der Waals surface area contributed by atoms with E-state index in [1.54, 1.807) is 27.0 Å². The average molecular weight is 344 g/mol. The molecule has 0 spiro atoms. The first-order valence-electron chi connectivity index (χ1n) is 7.38. The van der Waals surface area contributed by atoms with Crippen LogP contribution in [0.25, 0.3) is 11.5 Å². The second kappa shape index (κ2) is 6.23. The Morgan fingerprint density at radius 1 is 1.28 bits per heavy atom. The van der Waals surface area contributed by atoms with Gasteiger partial charge in [-0.2, -0.15) is 4.68 Å². The third-order valence-corrected chi connectivity index (χ3v) is 2.96. The molecule has 0 aliphatic carbocycles. The van der Waals surface area contributed by atoms with Crippen LogP contribution in [0.15, 0.2) is 41.7 Å². The van der Waals surface area contributed by atoms with Crippen molar-refractivity contribution < 1.29 is 14.3 Å². The number of aromatic nitrogens is 6. The van der Waals surface area contributed by atoms with Gasteiger partial charge in [-0.15, -0.1) is 5.10 Å². The predicted octanol–water partition coefficient (Wildman–Crippen LogP) is 1.46. The van der Waals surface area contributed by atoms with Gasteiger partial charge >= 0.3 is 6.16 Å². The number of pyridine rings is 1. The summed E-state index contributed by atoms with van der Waals surface area (Å²) in [4.78, 5) is 28.1. The van der Waals surface area contributed by atoms with E-state index < -0.39 is 11.8 Å². The van der Waals surface area contributed by atoms with E-state index in [0.29, 0.717) is 11.5 Å². The molecule has 0 saturated carbocycles. The Hall–Kier alpha value is -3.43. The second-order valence-electron chi connectivity index (χ2n) is 6.07. The van der Waals surface area contributed by atoms with E-state index in [0.717, 1.165) is 0 Å². The summed E-state index contributed by atoms with van der Waals surface area (Å²) in [5, 5.41) is 10.2. The first-order valence-corrected chi connectivity index (χ1v) is 7.38. The van der Waals surface area contributed by atoms with Crippen molar-refractivity contribution in [2.45, 2.75) is 26.4 Å². The number of ether oxygens (including phenoxy) is 2. The van der Waals surface area contributed by atoms with Gasteiger partial charge in [0.25, 0.3) is 5.56 Å². The smallest absolute Gasteiger partial charge is 0.428 e. The summed E-state index contributed by atoms with van der Waals surface area (Å²) >= 11 is 0. The van der Waals surface area contributed by atoms with E-state index >= 15 is 0 Å². The molecular formula is C15H16N6O4. The van der Waals surface area contributed by atoms with E-state index in [2.05, 4.69) is 20.4 Å². The van der Waals surface area contributed by atoms with E-state index in [9.17, 15) is 9.59 Å². The quantitative estimate of drug-likeness (QED) is 0.715. The summed E-state index contributed by atoms with van der Waals surface area (Å²) in [6.45, 7) is 5.21. The van der Waals surface area contributed by atoms with Crippen LogP contribution in [0.4, 0.5) is 4.79 Å². The number of rotatable bonds is 3. The number of nitrogens with zero attached hydrogens (tertiary/aromatic N) is 5. The minimum absolute atomic E-state index is 0.203. The topological polar surface area (TPSA) is 117 Å². The highest BCUT2D eigenvalue weighted by Crippen LogP contribution is 2.14. The second-order valence-corrected chi connectivity index (χ2v) is 6.07. The number of carbonyl (C=O) groups is 1. The van der Waals surface area contributed by atoms with Gasteiger partial charge in [0.2, 0.25) is 0 Å². The fourth-order valence-corrected chi connectivity index (χ4v) is 1.96. The lowest BCUT2D eigenvalue weighted by atomic mass is 10.2. The van der Waals surface area contributed by atoms with Crippen molar-refractivity contribution >= 4 is 6.16 Å². The normalized spacial score (nSPS) is 11.3. The van der Waals surface area contributed by atoms with Gasteiger partial charge in [-0.1, -0.05) is 5.21 Å². The highest BCUT2D eigenvalue weighted by Gasteiger charge is 2.18. The van der Waals surface area contributed by atoms with Gasteiger partial charge < -0.3 is 9.47 Å². The summed E-state index contributed by atoms with van der Waals surface area (Å²) in [5.41, 5.74) is -0.702. The minimum Gasteiger partial charge on any atom is -0.428 e. The average Bonchev–Trinajstić information content (AvgIpc) is 3.15. The molecule has 0 atom stereocenters. The molecule has 0 aliphatic rings. The van der Waals surface area contributed by atoms with Crippen LogP contribution in [0.1, 0.15) is 20.8 Å². The predicted molar refractivity (Wildman–Crippen MR) is 86.0 cm³/mol. The van der Waals surface area contributed by atoms with Gasteiger partial charge in [-0.05, 0) is 32.9 Å².